The van der Waals surface area contributed by atoms with Crippen molar-refractivity contribution in [2.75, 3.05) is 23.3 Å². The molecule has 0 aromatic heterocycles. The lowest BCUT2D eigenvalue weighted by atomic mass is 10.0. The molecule has 1 saturated heterocycles. The van der Waals surface area contributed by atoms with Crippen LogP contribution in [0.1, 0.15) is 12.8 Å². The van der Waals surface area contributed by atoms with Crippen molar-refractivity contribution in [2.45, 2.75) is 18.9 Å². The van der Waals surface area contributed by atoms with Crippen molar-refractivity contribution in [2.24, 2.45) is 0 Å². The van der Waals surface area contributed by atoms with Gasteiger partial charge in [-0.3, -0.25) is 0 Å². The third-order valence-electron chi connectivity index (χ3n) is 3.93. The van der Waals surface area contributed by atoms with Gasteiger partial charge in [0.15, 0.2) is 0 Å². The van der Waals surface area contributed by atoms with E-state index in [0.29, 0.717) is 6.04 Å². The van der Waals surface area contributed by atoms with Crippen molar-refractivity contribution in [3.05, 3.63) is 57.5 Å². The van der Waals surface area contributed by atoms with Crippen LogP contribution in [-0.4, -0.2) is 19.1 Å². The molecular weight excluding hydrogens is 392 g/mol. The first kappa shape index (κ1) is 14.9. The van der Waals surface area contributed by atoms with Gasteiger partial charge in [0.2, 0.25) is 0 Å². The molecule has 0 spiro atoms. The van der Waals surface area contributed by atoms with E-state index in [0.717, 1.165) is 40.6 Å². The van der Waals surface area contributed by atoms with E-state index < -0.39 is 0 Å². The fourth-order valence-electron chi connectivity index (χ4n) is 2.76. The van der Waals surface area contributed by atoms with Crippen LogP contribution in [-0.2, 0) is 0 Å². The Morgan fingerprint density at radius 2 is 1.48 bits per heavy atom. The highest BCUT2D eigenvalue weighted by Gasteiger charge is 2.20. The fraction of sp³-hybridized carbons (Fsp3) is 0.294. The van der Waals surface area contributed by atoms with Gasteiger partial charge in [-0.15, -0.1) is 0 Å². The number of anilines is 2. The van der Waals surface area contributed by atoms with E-state index in [2.05, 4.69) is 84.5 Å². The van der Waals surface area contributed by atoms with Gasteiger partial charge in [0.1, 0.15) is 0 Å². The summed E-state index contributed by atoms with van der Waals surface area (Å²) in [6.07, 6.45) is 2.31. The largest absolute Gasteiger partial charge is 0.380 e. The zero-order valence-electron chi connectivity index (χ0n) is 11.7. The summed E-state index contributed by atoms with van der Waals surface area (Å²) in [4.78, 5) is 2.47. The SMILES string of the molecule is Brc1cccc(Br)c1NC1CCN(c2ccccc2)CC1. The van der Waals surface area contributed by atoms with E-state index >= 15 is 0 Å². The molecule has 0 atom stereocenters. The quantitative estimate of drug-likeness (QED) is 0.740. The first-order valence-electron chi connectivity index (χ1n) is 7.24. The smallest absolute Gasteiger partial charge is 0.0631 e. The number of piperidine rings is 1. The molecule has 21 heavy (non-hydrogen) atoms. The molecule has 1 fully saturated rings. The van der Waals surface area contributed by atoms with Gasteiger partial charge in [-0.2, -0.15) is 0 Å². The fourth-order valence-corrected chi connectivity index (χ4v) is 3.99. The Morgan fingerprint density at radius 1 is 0.857 bits per heavy atom. The highest BCUT2D eigenvalue weighted by Crippen LogP contribution is 2.32. The van der Waals surface area contributed by atoms with Crippen LogP contribution in [0.25, 0.3) is 0 Å². The molecule has 0 saturated carbocycles. The van der Waals surface area contributed by atoms with Crippen LogP contribution < -0.4 is 10.2 Å². The van der Waals surface area contributed by atoms with E-state index in [4.69, 9.17) is 0 Å². The number of nitrogens with one attached hydrogen (secondary N) is 1. The Morgan fingerprint density at radius 3 is 2.10 bits per heavy atom. The number of nitrogens with zero attached hydrogens (tertiary/aromatic N) is 1. The van der Waals surface area contributed by atoms with Crippen molar-refractivity contribution >= 4 is 43.2 Å². The molecule has 2 nitrogen and oxygen atoms in total. The second-order valence-corrected chi connectivity index (χ2v) is 7.05. The maximum absolute atomic E-state index is 3.67. The average molecular weight is 410 g/mol. The number of benzene rings is 2. The minimum Gasteiger partial charge on any atom is -0.380 e. The predicted octanol–water partition coefficient (Wildman–Crippen LogP) is 5.29. The number of rotatable bonds is 3. The van der Waals surface area contributed by atoms with Gasteiger partial charge < -0.3 is 10.2 Å². The van der Waals surface area contributed by atoms with E-state index in [1.807, 2.05) is 6.07 Å². The topological polar surface area (TPSA) is 15.3 Å². The first-order valence-corrected chi connectivity index (χ1v) is 8.83. The van der Waals surface area contributed by atoms with Crippen molar-refractivity contribution in [3.8, 4) is 0 Å². The van der Waals surface area contributed by atoms with Crippen LogP contribution >= 0.6 is 31.9 Å². The van der Waals surface area contributed by atoms with Gasteiger partial charge >= 0.3 is 0 Å². The van der Waals surface area contributed by atoms with E-state index in [9.17, 15) is 0 Å². The van der Waals surface area contributed by atoms with Crippen molar-refractivity contribution < 1.29 is 0 Å². The first-order chi connectivity index (χ1) is 10.2. The lowest BCUT2D eigenvalue weighted by Crippen LogP contribution is -2.39. The van der Waals surface area contributed by atoms with Crippen LogP contribution in [0, 0.1) is 0 Å². The van der Waals surface area contributed by atoms with E-state index in [-0.39, 0.29) is 0 Å². The van der Waals surface area contributed by atoms with Crippen LogP contribution in [0.4, 0.5) is 11.4 Å². The maximum atomic E-state index is 3.67. The summed E-state index contributed by atoms with van der Waals surface area (Å²) in [7, 11) is 0. The highest BCUT2D eigenvalue weighted by atomic mass is 79.9. The Hall–Kier alpha value is -1.00. The van der Waals surface area contributed by atoms with Crippen molar-refractivity contribution in [3.63, 3.8) is 0 Å². The predicted molar refractivity (Wildman–Crippen MR) is 97.1 cm³/mol. The van der Waals surface area contributed by atoms with Gasteiger partial charge in [0.05, 0.1) is 5.69 Å². The molecule has 110 valence electrons. The Balaban J connectivity index is 1.62. The number of halogens is 2. The minimum atomic E-state index is 0.528. The van der Waals surface area contributed by atoms with Gasteiger partial charge in [0, 0.05) is 33.8 Å². The summed E-state index contributed by atoms with van der Waals surface area (Å²) >= 11 is 7.24. The maximum Gasteiger partial charge on any atom is 0.0631 e. The molecule has 0 aliphatic carbocycles. The standard InChI is InChI=1S/C17H18Br2N2/c18-15-7-4-8-16(19)17(15)20-13-9-11-21(12-10-13)14-5-2-1-3-6-14/h1-8,13,20H,9-12H2. The summed E-state index contributed by atoms with van der Waals surface area (Å²) in [5.74, 6) is 0. The molecule has 1 aliphatic rings. The molecule has 0 unspecified atom stereocenters. The van der Waals surface area contributed by atoms with Crippen LogP contribution in [0.2, 0.25) is 0 Å². The lowest BCUT2D eigenvalue weighted by Gasteiger charge is -2.34. The molecular formula is C17H18Br2N2. The number of para-hydroxylation sites is 2. The zero-order chi connectivity index (χ0) is 14.7. The monoisotopic (exact) mass is 408 g/mol. The second-order valence-electron chi connectivity index (χ2n) is 5.34. The molecule has 1 N–H and O–H groups in total. The summed E-state index contributed by atoms with van der Waals surface area (Å²) in [6, 6.07) is 17.4. The Kier molecular flexibility index (Phi) is 4.86. The third kappa shape index (κ3) is 3.61. The molecule has 1 heterocycles. The summed E-state index contributed by atoms with van der Waals surface area (Å²) in [5, 5.41) is 3.67. The summed E-state index contributed by atoms with van der Waals surface area (Å²) < 4.78 is 2.23. The van der Waals surface area contributed by atoms with Gasteiger partial charge in [-0.25, -0.2) is 0 Å². The zero-order valence-corrected chi connectivity index (χ0v) is 14.9. The third-order valence-corrected chi connectivity index (χ3v) is 5.25. The Labute approximate surface area is 142 Å². The van der Waals surface area contributed by atoms with Crippen molar-refractivity contribution in [1.29, 1.82) is 0 Å². The van der Waals surface area contributed by atoms with Gasteiger partial charge in [-0.1, -0.05) is 24.3 Å². The molecule has 4 heteroatoms. The Bertz CT molecular complexity index is 573. The molecule has 0 bridgehead atoms. The van der Waals surface area contributed by atoms with Gasteiger partial charge in [-0.05, 0) is 69.0 Å². The van der Waals surface area contributed by atoms with Gasteiger partial charge in [0.25, 0.3) is 0 Å². The molecule has 0 radical (unpaired) electrons. The van der Waals surface area contributed by atoms with Crippen LogP contribution in [0.5, 0.6) is 0 Å². The summed E-state index contributed by atoms with van der Waals surface area (Å²) in [6.45, 7) is 2.20. The normalized spacial score (nSPS) is 16.0. The van der Waals surface area contributed by atoms with Crippen molar-refractivity contribution in [1.82, 2.24) is 0 Å². The highest BCUT2D eigenvalue weighted by molar-refractivity contribution is 9.11. The van der Waals surface area contributed by atoms with E-state index in [1.54, 1.807) is 0 Å². The average Bonchev–Trinajstić information content (AvgIpc) is 2.53. The minimum absolute atomic E-state index is 0.528. The van der Waals surface area contributed by atoms with Crippen LogP contribution in [0.3, 0.4) is 0 Å². The molecule has 1 aliphatic heterocycles. The summed E-state index contributed by atoms with van der Waals surface area (Å²) in [5.41, 5.74) is 2.49. The van der Waals surface area contributed by atoms with E-state index in [1.165, 1.54) is 5.69 Å². The number of hydrogen-bond acceptors (Lipinski definition) is 2. The molecule has 2 aromatic carbocycles. The molecule has 2 aromatic rings. The van der Waals surface area contributed by atoms with Crippen LogP contribution in [0.15, 0.2) is 57.5 Å². The second kappa shape index (κ2) is 6.84. The molecule has 3 rings (SSSR count). The molecule has 0 amide bonds. The number of hydrogen-bond donors (Lipinski definition) is 1. The lowest BCUT2D eigenvalue weighted by molar-refractivity contribution is 0.526.